The van der Waals surface area contributed by atoms with Crippen LogP contribution >= 0.6 is 31.1 Å². The van der Waals surface area contributed by atoms with Gasteiger partial charge in [-0.05, 0) is 5.41 Å². The van der Waals surface area contributed by atoms with Crippen LogP contribution in [-0.2, 0) is 23.2 Å². The van der Waals surface area contributed by atoms with Crippen LogP contribution < -0.4 is 0 Å². The first-order valence-corrected chi connectivity index (χ1v) is 12.9. The summed E-state index contributed by atoms with van der Waals surface area (Å²) in [6.45, 7) is 17.5. The van der Waals surface area contributed by atoms with Crippen molar-refractivity contribution in [2.75, 3.05) is 30.9 Å². The molecule has 0 aromatic carbocycles. The van der Waals surface area contributed by atoms with Gasteiger partial charge in [-0.15, -0.1) is 0 Å². The standard InChI is InChI=1S/C19H37O5PS2/c1-17(2,3)14-25(22,23-10-12-26-15(20)18(4,5)6)24-11-13-27-16(21)19(7,8)9/h10-14H2,1-9H3. The van der Waals surface area contributed by atoms with E-state index in [1.165, 1.54) is 23.5 Å². The SMILES string of the molecule is CC(C)(C)CP(=O)(OCCSC(=O)C(C)(C)C)OCCSC(=O)C(C)(C)C. The predicted molar refractivity (Wildman–Crippen MR) is 118 cm³/mol. The van der Waals surface area contributed by atoms with Crippen LogP contribution in [0.25, 0.3) is 0 Å². The summed E-state index contributed by atoms with van der Waals surface area (Å²) in [6, 6.07) is 0. The number of hydrogen-bond acceptors (Lipinski definition) is 7. The molecule has 160 valence electrons. The fraction of sp³-hybridized carbons (Fsp3) is 0.895. The van der Waals surface area contributed by atoms with Crippen molar-refractivity contribution in [3.8, 4) is 0 Å². The maximum absolute atomic E-state index is 13.1. The van der Waals surface area contributed by atoms with Gasteiger partial charge in [-0.3, -0.25) is 14.2 Å². The number of thioether (sulfide) groups is 2. The molecule has 0 atom stereocenters. The topological polar surface area (TPSA) is 69.7 Å². The highest BCUT2D eigenvalue weighted by Crippen LogP contribution is 2.52. The van der Waals surface area contributed by atoms with Gasteiger partial charge in [0.15, 0.2) is 10.2 Å². The monoisotopic (exact) mass is 440 g/mol. The summed E-state index contributed by atoms with van der Waals surface area (Å²) < 4.78 is 24.3. The average Bonchev–Trinajstić information content (AvgIpc) is 2.44. The minimum Gasteiger partial charge on any atom is -0.308 e. The lowest BCUT2D eigenvalue weighted by molar-refractivity contribution is -0.118. The van der Waals surface area contributed by atoms with E-state index in [9.17, 15) is 14.2 Å². The van der Waals surface area contributed by atoms with Crippen molar-refractivity contribution in [2.45, 2.75) is 62.3 Å². The van der Waals surface area contributed by atoms with E-state index in [1.54, 1.807) is 0 Å². The lowest BCUT2D eigenvalue weighted by atomic mass is 9.99. The second-order valence-electron chi connectivity index (χ2n) is 9.77. The van der Waals surface area contributed by atoms with Gasteiger partial charge in [0.05, 0.1) is 19.4 Å². The fourth-order valence-corrected chi connectivity index (χ4v) is 5.74. The molecule has 0 spiro atoms. The molecule has 0 aromatic rings. The molecule has 0 aliphatic rings. The third kappa shape index (κ3) is 13.1. The summed E-state index contributed by atoms with van der Waals surface area (Å²) in [5.41, 5.74) is -1.04. The van der Waals surface area contributed by atoms with Gasteiger partial charge < -0.3 is 9.05 Å². The number of rotatable bonds is 9. The van der Waals surface area contributed by atoms with Crippen molar-refractivity contribution in [3.05, 3.63) is 0 Å². The van der Waals surface area contributed by atoms with Crippen LogP contribution in [0.15, 0.2) is 0 Å². The lowest BCUT2D eigenvalue weighted by Crippen LogP contribution is -2.19. The second kappa shape index (κ2) is 10.8. The van der Waals surface area contributed by atoms with Gasteiger partial charge in [-0.1, -0.05) is 85.8 Å². The van der Waals surface area contributed by atoms with E-state index in [0.717, 1.165) is 0 Å². The van der Waals surface area contributed by atoms with Crippen molar-refractivity contribution < 1.29 is 23.2 Å². The third-order valence-corrected chi connectivity index (χ3v) is 8.08. The first-order chi connectivity index (χ1) is 12.0. The molecule has 0 radical (unpaired) electrons. The Labute approximate surface area is 174 Å². The quantitative estimate of drug-likeness (QED) is 0.328. The molecule has 0 N–H and O–H groups in total. The minimum absolute atomic E-state index is 0.0785. The molecular formula is C19H37O5PS2. The number of carbonyl (C=O) groups is 2. The van der Waals surface area contributed by atoms with E-state index in [4.69, 9.17) is 9.05 Å². The highest BCUT2D eigenvalue weighted by atomic mass is 32.2. The van der Waals surface area contributed by atoms with E-state index in [1.807, 2.05) is 62.3 Å². The van der Waals surface area contributed by atoms with Gasteiger partial charge in [-0.2, -0.15) is 0 Å². The van der Waals surface area contributed by atoms with Gasteiger partial charge in [0.1, 0.15) is 0 Å². The zero-order valence-electron chi connectivity index (χ0n) is 18.3. The Hall–Kier alpha value is 0.190. The van der Waals surface area contributed by atoms with Gasteiger partial charge in [0.25, 0.3) is 0 Å². The van der Waals surface area contributed by atoms with Crippen molar-refractivity contribution in [1.82, 2.24) is 0 Å². The molecule has 0 aromatic heterocycles. The van der Waals surface area contributed by atoms with E-state index in [-0.39, 0.29) is 35.0 Å². The smallest absolute Gasteiger partial charge is 0.308 e. The summed E-state index contributed by atoms with van der Waals surface area (Å²) >= 11 is 2.38. The molecule has 0 aliphatic heterocycles. The van der Waals surface area contributed by atoms with Crippen LogP contribution in [-0.4, -0.2) is 41.1 Å². The maximum atomic E-state index is 13.1. The van der Waals surface area contributed by atoms with E-state index in [2.05, 4.69) is 0 Å². The first kappa shape index (κ1) is 27.2. The van der Waals surface area contributed by atoms with Crippen LogP contribution in [0.4, 0.5) is 0 Å². The first-order valence-electron chi connectivity index (χ1n) is 9.19. The fourth-order valence-electron chi connectivity index (χ4n) is 1.76. The highest BCUT2D eigenvalue weighted by molar-refractivity contribution is 8.14. The summed E-state index contributed by atoms with van der Waals surface area (Å²) in [5.74, 6) is 0.871. The summed E-state index contributed by atoms with van der Waals surface area (Å²) in [7, 11) is -3.29. The summed E-state index contributed by atoms with van der Waals surface area (Å²) in [4.78, 5) is 23.9. The molecule has 0 unspecified atom stereocenters. The molecule has 0 bridgehead atoms. The lowest BCUT2D eigenvalue weighted by Gasteiger charge is -2.26. The zero-order chi connectivity index (χ0) is 21.5. The molecule has 0 heterocycles. The van der Waals surface area contributed by atoms with Gasteiger partial charge in [0, 0.05) is 22.3 Å². The molecule has 0 saturated carbocycles. The molecule has 0 aliphatic carbocycles. The van der Waals surface area contributed by atoms with E-state index >= 15 is 0 Å². The Morgan fingerprint density at radius 1 is 0.741 bits per heavy atom. The third-order valence-electron chi connectivity index (χ3n) is 3.10. The van der Waals surface area contributed by atoms with Crippen molar-refractivity contribution in [1.29, 1.82) is 0 Å². The van der Waals surface area contributed by atoms with Crippen LogP contribution in [0, 0.1) is 16.2 Å². The van der Waals surface area contributed by atoms with Gasteiger partial charge in [-0.25, -0.2) is 0 Å². The van der Waals surface area contributed by atoms with Crippen LogP contribution in [0.1, 0.15) is 62.3 Å². The van der Waals surface area contributed by atoms with Crippen molar-refractivity contribution in [2.24, 2.45) is 16.2 Å². The van der Waals surface area contributed by atoms with Gasteiger partial charge in [0.2, 0.25) is 0 Å². The van der Waals surface area contributed by atoms with Crippen LogP contribution in [0.3, 0.4) is 0 Å². The molecule has 0 amide bonds. The molecule has 0 fully saturated rings. The average molecular weight is 441 g/mol. The molecule has 27 heavy (non-hydrogen) atoms. The molecular weight excluding hydrogens is 403 g/mol. The minimum atomic E-state index is -3.29. The van der Waals surface area contributed by atoms with Crippen LogP contribution in [0.2, 0.25) is 0 Å². The second-order valence-corrected chi connectivity index (χ2v) is 14.0. The zero-order valence-corrected chi connectivity index (χ0v) is 20.9. The predicted octanol–water partition coefficient (Wildman–Crippen LogP) is 5.87. The molecule has 0 rings (SSSR count). The largest absolute Gasteiger partial charge is 0.331 e. The molecule has 5 nitrogen and oxygen atoms in total. The van der Waals surface area contributed by atoms with Crippen molar-refractivity contribution in [3.63, 3.8) is 0 Å². The Morgan fingerprint density at radius 3 is 1.33 bits per heavy atom. The Kier molecular flexibility index (Phi) is 10.9. The highest BCUT2D eigenvalue weighted by Gasteiger charge is 2.32. The number of carbonyl (C=O) groups excluding carboxylic acids is 2. The van der Waals surface area contributed by atoms with E-state index in [0.29, 0.717) is 11.5 Å². The Morgan fingerprint density at radius 2 is 1.07 bits per heavy atom. The maximum Gasteiger partial charge on any atom is 0.331 e. The Balaban J connectivity index is 4.58. The van der Waals surface area contributed by atoms with Crippen LogP contribution in [0.5, 0.6) is 0 Å². The van der Waals surface area contributed by atoms with Crippen molar-refractivity contribution >= 4 is 41.4 Å². The van der Waals surface area contributed by atoms with E-state index < -0.39 is 18.4 Å². The normalized spacial score (nSPS) is 13.7. The van der Waals surface area contributed by atoms with Gasteiger partial charge >= 0.3 is 7.60 Å². The number of hydrogen-bond donors (Lipinski definition) is 0. The molecule has 8 heteroatoms. The summed E-state index contributed by atoms with van der Waals surface area (Å²) in [5, 5.41) is 0.157. The Bertz CT molecular complexity index is 504. The summed E-state index contributed by atoms with van der Waals surface area (Å²) in [6.07, 6.45) is 0.287. The molecule has 0 saturated heterocycles.